The summed E-state index contributed by atoms with van der Waals surface area (Å²) in [6, 6.07) is 6.51. The van der Waals surface area contributed by atoms with Gasteiger partial charge >= 0.3 is 0 Å². The van der Waals surface area contributed by atoms with Gasteiger partial charge in [0.2, 0.25) is 5.91 Å². The van der Waals surface area contributed by atoms with Gasteiger partial charge in [0.25, 0.3) is 5.69 Å². The monoisotopic (exact) mass is 279 g/mol. The third-order valence-electron chi connectivity index (χ3n) is 3.41. The van der Waals surface area contributed by atoms with Crippen LogP contribution in [0.3, 0.4) is 0 Å². The lowest BCUT2D eigenvalue weighted by atomic mass is 10.2. The summed E-state index contributed by atoms with van der Waals surface area (Å²) in [7, 11) is 0. The number of benzene rings is 1. The van der Waals surface area contributed by atoms with Crippen molar-refractivity contribution in [2.45, 2.75) is 6.54 Å². The Morgan fingerprint density at radius 2 is 1.80 bits per heavy atom. The van der Waals surface area contributed by atoms with E-state index >= 15 is 0 Å². The lowest BCUT2D eigenvalue weighted by molar-refractivity contribution is -0.384. The second kappa shape index (κ2) is 6.44. The van der Waals surface area contributed by atoms with Crippen molar-refractivity contribution in [1.29, 1.82) is 0 Å². The summed E-state index contributed by atoms with van der Waals surface area (Å²) in [5, 5.41) is 19.4. The van der Waals surface area contributed by atoms with Crippen LogP contribution in [0.1, 0.15) is 5.56 Å². The third kappa shape index (κ3) is 3.52. The molecular weight excluding hydrogens is 262 g/mol. The van der Waals surface area contributed by atoms with Crippen molar-refractivity contribution < 1.29 is 14.8 Å². The predicted molar refractivity (Wildman–Crippen MR) is 72.0 cm³/mol. The van der Waals surface area contributed by atoms with Gasteiger partial charge in [-0.05, 0) is 5.56 Å². The average Bonchev–Trinajstić information content (AvgIpc) is 2.48. The second-order valence-corrected chi connectivity index (χ2v) is 4.74. The van der Waals surface area contributed by atoms with Crippen LogP contribution in [0.15, 0.2) is 24.3 Å². The van der Waals surface area contributed by atoms with Gasteiger partial charge in [0.15, 0.2) is 0 Å². The zero-order valence-electron chi connectivity index (χ0n) is 11.1. The number of hydrogen-bond acceptors (Lipinski definition) is 5. The molecule has 2 rings (SSSR count). The summed E-state index contributed by atoms with van der Waals surface area (Å²) in [6.07, 6.45) is 0. The zero-order valence-corrected chi connectivity index (χ0v) is 11.1. The molecule has 1 N–H and O–H groups in total. The van der Waals surface area contributed by atoms with E-state index in [1.54, 1.807) is 17.0 Å². The highest BCUT2D eigenvalue weighted by Gasteiger charge is 2.20. The summed E-state index contributed by atoms with van der Waals surface area (Å²) in [5.74, 6) is -0.236. The van der Waals surface area contributed by atoms with Gasteiger partial charge in [-0.25, -0.2) is 0 Å². The molecule has 1 heterocycles. The van der Waals surface area contributed by atoms with Crippen molar-refractivity contribution >= 4 is 11.6 Å². The molecule has 0 aliphatic carbocycles. The Labute approximate surface area is 116 Å². The topological polar surface area (TPSA) is 86.9 Å². The fourth-order valence-electron chi connectivity index (χ4n) is 2.24. The standard InChI is InChI=1S/C13H17N3O4/c17-10-13(18)15-7-5-14(6-8-15)9-11-1-3-12(4-2-11)16(19)20/h1-4,17H,5-10H2. The number of amides is 1. The lowest BCUT2D eigenvalue weighted by Crippen LogP contribution is -2.49. The molecule has 0 saturated carbocycles. The van der Waals surface area contributed by atoms with Crippen molar-refractivity contribution in [3.05, 3.63) is 39.9 Å². The number of aliphatic hydroxyl groups is 1. The van der Waals surface area contributed by atoms with Gasteiger partial charge in [0.1, 0.15) is 6.61 Å². The molecule has 0 unspecified atom stereocenters. The Morgan fingerprint density at radius 3 is 2.30 bits per heavy atom. The number of non-ortho nitro benzene ring substituents is 1. The summed E-state index contributed by atoms with van der Waals surface area (Å²) in [5.41, 5.74) is 1.10. The smallest absolute Gasteiger partial charge is 0.269 e. The van der Waals surface area contributed by atoms with E-state index in [4.69, 9.17) is 5.11 Å². The minimum absolute atomic E-state index is 0.0899. The van der Waals surface area contributed by atoms with Gasteiger partial charge in [-0.1, -0.05) is 12.1 Å². The molecule has 1 aromatic carbocycles. The fraction of sp³-hybridized carbons (Fsp3) is 0.462. The zero-order chi connectivity index (χ0) is 14.5. The highest BCUT2D eigenvalue weighted by molar-refractivity contribution is 5.77. The SMILES string of the molecule is O=C(CO)N1CCN(Cc2ccc([N+](=O)[O-])cc2)CC1. The van der Waals surface area contributed by atoms with E-state index in [9.17, 15) is 14.9 Å². The van der Waals surface area contributed by atoms with Crippen molar-refractivity contribution in [2.24, 2.45) is 0 Å². The Morgan fingerprint density at radius 1 is 1.20 bits per heavy atom. The maximum absolute atomic E-state index is 11.3. The number of aliphatic hydroxyl groups excluding tert-OH is 1. The molecule has 1 saturated heterocycles. The van der Waals surface area contributed by atoms with Crippen LogP contribution in [0.4, 0.5) is 5.69 Å². The van der Waals surface area contributed by atoms with Crippen molar-refractivity contribution in [1.82, 2.24) is 9.80 Å². The number of nitro benzene ring substituents is 1. The van der Waals surface area contributed by atoms with Crippen LogP contribution in [0.5, 0.6) is 0 Å². The van der Waals surface area contributed by atoms with Gasteiger partial charge in [-0.2, -0.15) is 0 Å². The molecule has 20 heavy (non-hydrogen) atoms. The van der Waals surface area contributed by atoms with E-state index in [2.05, 4.69) is 4.90 Å². The first-order chi connectivity index (χ1) is 9.60. The van der Waals surface area contributed by atoms with Gasteiger partial charge in [-0.3, -0.25) is 19.8 Å². The highest BCUT2D eigenvalue weighted by atomic mass is 16.6. The summed E-state index contributed by atoms with van der Waals surface area (Å²) in [4.78, 5) is 25.3. The van der Waals surface area contributed by atoms with E-state index in [1.165, 1.54) is 12.1 Å². The number of carbonyl (C=O) groups excluding carboxylic acids is 1. The number of hydrogen-bond donors (Lipinski definition) is 1. The number of rotatable bonds is 4. The van der Waals surface area contributed by atoms with Crippen LogP contribution in [0.2, 0.25) is 0 Å². The van der Waals surface area contributed by atoms with Gasteiger partial charge < -0.3 is 10.0 Å². The molecule has 1 amide bonds. The van der Waals surface area contributed by atoms with Crippen LogP contribution in [0, 0.1) is 10.1 Å². The molecule has 1 aromatic rings. The van der Waals surface area contributed by atoms with E-state index in [-0.39, 0.29) is 11.6 Å². The van der Waals surface area contributed by atoms with Crippen LogP contribution in [-0.2, 0) is 11.3 Å². The number of nitrogens with zero attached hydrogens (tertiary/aromatic N) is 3. The normalized spacial score (nSPS) is 16.1. The van der Waals surface area contributed by atoms with Crippen LogP contribution < -0.4 is 0 Å². The first kappa shape index (κ1) is 14.4. The number of nitro groups is 1. The van der Waals surface area contributed by atoms with E-state index in [0.717, 1.165) is 18.7 Å². The van der Waals surface area contributed by atoms with Gasteiger partial charge in [-0.15, -0.1) is 0 Å². The first-order valence-corrected chi connectivity index (χ1v) is 6.44. The van der Waals surface area contributed by atoms with Crippen molar-refractivity contribution in [3.63, 3.8) is 0 Å². The average molecular weight is 279 g/mol. The minimum Gasteiger partial charge on any atom is -0.387 e. The molecule has 0 atom stereocenters. The van der Waals surface area contributed by atoms with Gasteiger partial charge in [0, 0.05) is 44.9 Å². The van der Waals surface area contributed by atoms with E-state index in [0.29, 0.717) is 19.6 Å². The van der Waals surface area contributed by atoms with E-state index < -0.39 is 11.5 Å². The molecule has 1 fully saturated rings. The molecule has 0 aromatic heterocycles. The summed E-state index contributed by atoms with van der Waals surface area (Å²) >= 11 is 0. The number of carbonyl (C=O) groups is 1. The molecule has 7 heteroatoms. The molecule has 0 spiro atoms. The third-order valence-corrected chi connectivity index (χ3v) is 3.41. The second-order valence-electron chi connectivity index (χ2n) is 4.74. The Balaban J connectivity index is 1.86. The largest absolute Gasteiger partial charge is 0.387 e. The predicted octanol–water partition coefficient (Wildman–Crippen LogP) is 0.231. The maximum atomic E-state index is 11.3. The highest BCUT2D eigenvalue weighted by Crippen LogP contribution is 2.14. The molecular formula is C13H17N3O4. The summed E-state index contributed by atoms with van der Waals surface area (Å²) < 4.78 is 0. The van der Waals surface area contributed by atoms with Crippen molar-refractivity contribution in [3.8, 4) is 0 Å². The molecule has 108 valence electrons. The van der Waals surface area contributed by atoms with E-state index in [1.807, 2.05) is 0 Å². The van der Waals surface area contributed by atoms with Crippen LogP contribution in [-0.4, -0.2) is 58.5 Å². The van der Waals surface area contributed by atoms with Crippen LogP contribution in [0.25, 0.3) is 0 Å². The first-order valence-electron chi connectivity index (χ1n) is 6.44. The lowest BCUT2D eigenvalue weighted by Gasteiger charge is -2.34. The molecule has 1 aliphatic heterocycles. The quantitative estimate of drug-likeness (QED) is 0.630. The minimum atomic E-state index is -0.442. The summed E-state index contributed by atoms with van der Waals surface area (Å²) in [6.45, 7) is 2.95. The molecule has 1 aliphatic rings. The maximum Gasteiger partial charge on any atom is 0.269 e. The Hall–Kier alpha value is -1.99. The number of piperazine rings is 1. The molecule has 0 radical (unpaired) electrons. The Kier molecular flexibility index (Phi) is 4.65. The Bertz CT molecular complexity index is 481. The molecule has 0 bridgehead atoms. The van der Waals surface area contributed by atoms with Gasteiger partial charge in [0.05, 0.1) is 4.92 Å². The fourth-order valence-corrected chi connectivity index (χ4v) is 2.24. The molecule has 7 nitrogen and oxygen atoms in total. The van der Waals surface area contributed by atoms with Crippen molar-refractivity contribution in [2.75, 3.05) is 32.8 Å². The van der Waals surface area contributed by atoms with Crippen LogP contribution >= 0.6 is 0 Å².